The Morgan fingerprint density at radius 2 is 1.68 bits per heavy atom. The third-order valence-corrected chi connectivity index (χ3v) is 4.67. The average molecular weight is 436 g/mol. The second-order valence-corrected chi connectivity index (χ2v) is 7.20. The van der Waals surface area contributed by atoms with E-state index in [0.717, 1.165) is 11.1 Å². The normalized spacial score (nSPS) is 11.7. The van der Waals surface area contributed by atoms with E-state index in [2.05, 4.69) is 15.8 Å². The van der Waals surface area contributed by atoms with Crippen molar-refractivity contribution in [3.05, 3.63) is 101 Å². The van der Waals surface area contributed by atoms with Crippen LogP contribution in [0.2, 0.25) is 5.02 Å². The van der Waals surface area contributed by atoms with Crippen LogP contribution in [-0.2, 0) is 4.79 Å². The van der Waals surface area contributed by atoms with E-state index in [1.54, 1.807) is 48.5 Å². The Bertz CT molecular complexity index is 1040. The lowest BCUT2D eigenvalue weighted by Gasteiger charge is -2.14. The molecule has 0 radical (unpaired) electrons. The van der Waals surface area contributed by atoms with Crippen molar-refractivity contribution in [2.24, 2.45) is 5.10 Å². The first kappa shape index (κ1) is 22.1. The van der Waals surface area contributed by atoms with E-state index in [1.165, 1.54) is 6.21 Å². The summed E-state index contributed by atoms with van der Waals surface area (Å²) in [6, 6.07) is 23.2. The summed E-state index contributed by atoms with van der Waals surface area (Å²) >= 11 is 5.81. The summed E-state index contributed by atoms with van der Waals surface area (Å²) in [5, 5.41) is 7.40. The lowest BCUT2D eigenvalue weighted by atomic mass is 10.1. The average Bonchev–Trinajstić information content (AvgIpc) is 2.79. The second kappa shape index (κ2) is 10.9. The van der Waals surface area contributed by atoms with Crippen molar-refractivity contribution in [2.45, 2.75) is 13.0 Å². The molecule has 0 aliphatic rings. The molecule has 0 fully saturated rings. The molecule has 2 N–H and O–H groups in total. The largest absolute Gasteiger partial charge is 0.484 e. The molecule has 3 aromatic rings. The summed E-state index contributed by atoms with van der Waals surface area (Å²) < 4.78 is 5.53. The molecular formula is C24H22ClN3O3. The monoisotopic (exact) mass is 435 g/mol. The van der Waals surface area contributed by atoms with Gasteiger partial charge in [-0.25, -0.2) is 5.43 Å². The number of rotatable bonds is 8. The van der Waals surface area contributed by atoms with Crippen molar-refractivity contribution in [3.63, 3.8) is 0 Å². The molecule has 6 nitrogen and oxygen atoms in total. The van der Waals surface area contributed by atoms with Crippen molar-refractivity contribution >= 4 is 29.6 Å². The predicted molar refractivity (Wildman–Crippen MR) is 121 cm³/mol. The van der Waals surface area contributed by atoms with Gasteiger partial charge in [0.25, 0.3) is 11.8 Å². The Kier molecular flexibility index (Phi) is 7.79. The molecule has 0 bridgehead atoms. The number of amides is 2. The van der Waals surface area contributed by atoms with E-state index in [0.29, 0.717) is 16.3 Å². The fourth-order valence-corrected chi connectivity index (χ4v) is 2.86. The van der Waals surface area contributed by atoms with Crippen LogP contribution in [0.1, 0.15) is 34.5 Å². The van der Waals surface area contributed by atoms with Crippen LogP contribution in [0.3, 0.4) is 0 Å². The van der Waals surface area contributed by atoms with E-state index in [-0.39, 0.29) is 24.5 Å². The highest BCUT2D eigenvalue weighted by Crippen LogP contribution is 2.13. The third kappa shape index (κ3) is 6.97. The van der Waals surface area contributed by atoms with Crippen molar-refractivity contribution in [1.82, 2.24) is 10.7 Å². The molecule has 3 rings (SSSR count). The highest BCUT2D eigenvalue weighted by atomic mass is 35.5. The second-order valence-electron chi connectivity index (χ2n) is 6.76. The van der Waals surface area contributed by atoms with Crippen molar-refractivity contribution < 1.29 is 14.3 Å². The van der Waals surface area contributed by atoms with E-state index in [4.69, 9.17) is 16.3 Å². The molecule has 3 aromatic carbocycles. The summed E-state index contributed by atoms with van der Waals surface area (Å²) in [5.41, 5.74) is 4.72. The minimum Gasteiger partial charge on any atom is -0.484 e. The number of hydrogen-bond donors (Lipinski definition) is 2. The number of hydrogen-bond acceptors (Lipinski definition) is 4. The molecule has 0 aliphatic carbocycles. The van der Waals surface area contributed by atoms with Gasteiger partial charge in [0.05, 0.1) is 12.3 Å². The van der Waals surface area contributed by atoms with Crippen LogP contribution >= 0.6 is 11.6 Å². The first-order valence-electron chi connectivity index (χ1n) is 9.67. The maximum Gasteiger partial charge on any atom is 0.271 e. The fraction of sp³-hybridized carbons (Fsp3) is 0.125. The van der Waals surface area contributed by atoms with Gasteiger partial charge in [-0.1, -0.05) is 41.9 Å². The standard InChI is InChI=1S/C24H22ClN3O3/c1-17(19-5-3-2-4-6-19)27-23(29)16-31-22-13-7-18(8-14-22)15-26-28-24(30)20-9-11-21(25)12-10-20/h2-15,17H,16H2,1H3,(H,27,29)(H,28,30)/b26-15+/t17-/m1/s1. The smallest absolute Gasteiger partial charge is 0.271 e. The number of carbonyl (C=O) groups excluding carboxylic acids is 2. The lowest BCUT2D eigenvalue weighted by molar-refractivity contribution is -0.123. The van der Waals surface area contributed by atoms with Crippen LogP contribution in [-0.4, -0.2) is 24.6 Å². The molecule has 7 heteroatoms. The predicted octanol–water partition coefficient (Wildman–Crippen LogP) is 4.36. The topological polar surface area (TPSA) is 79.8 Å². The van der Waals surface area contributed by atoms with Crippen LogP contribution in [0.25, 0.3) is 0 Å². The molecule has 158 valence electrons. The number of nitrogens with one attached hydrogen (secondary N) is 2. The number of nitrogens with zero attached hydrogens (tertiary/aromatic N) is 1. The van der Waals surface area contributed by atoms with Gasteiger partial charge in [0.1, 0.15) is 5.75 Å². The number of benzene rings is 3. The number of ether oxygens (including phenoxy) is 1. The van der Waals surface area contributed by atoms with Crippen LogP contribution in [0.4, 0.5) is 0 Å². The fourth-order valence-electron chi connectivity index (χ4n) is 2.74. The molecule has 0 saturated carbocycles. The van der Waals surface area contributed by atoms with Crippen molar-refractivity contribution in [3.8, 4) is 5.75 Å². The zero-order chi connectivity index (χ0) is 22.1. The number of hydrazone groups is 1. The summed E-state index contributed by atoms with van der Waals surface area (Å²) in [6.45, 7) is 1.84. The van der Waals surface area contributed by atoms with Crippen LogP contribution in [0.5, 0.6) is 5.75 Å². The third-order valence-electron chi connectivity index (χ3n) is 4.41. The molecule has 2 amide bonds. The van der Waals surface area contributed by atoms with Gasteiger partial charge >= 0.3 is 0 Å². The van der Waals surface area contributed by atoms with Crippen LogP contribution in [0, 0.1) is 0 Å². The summed E-state index contributed by atoms with van der Waals surface area (Å²) in [4.78, 5) is 24.1. The molecule has 0 unspecified atom stereocenters. The van der Waals surface area contributed by atoms with Gasteiger partial charge in [0, 0.05) is 10.6 Å². The van der Waals surface area contributed by atoms with E-state index < -0.39 is 0 Å². The van der Waals surface area contributed by atoms with E-state index in [1.807, 2.05) is 37.3 Å². The zero-order valence-corrected chi connectivity index (χ0v) is 17.7. The molecule has 0 saturated heterocycles. The molecule has 31 heavy (non-hydrogen) atoms. The molecular weight excluding hydrogens is 414 g/mol. The van der Waals surface area contributed by atoms with Gasteiger partial charge in [0.15, 0.2) is 6.61 Å². The Balaban J connectivity index is 1.44. The number of halogens is 1. The van der Waals surface area contributed by atoms with Crippen LogP contribution < -0.4 is 15.5 Å². The Morgan fingerprint density at radius 3 is 2.35 bits per heavy atom. The maximum atomic E-state index is 12.1. The SMILES string of the molecule is C[C@@H](NC(=O)COc1ccc(/C=N/NC(=O)c2ccc(Cl)cc2)cc1)c1ccccc1. The van der Waals surface area contributed by atoms with Crippen LogP contribution in [0.15, 0.2) is 84.0 Å². The minimum absolute atomic E-state index is 0.0816. The van der Waals surface area contributed by atoms with Gasteiger partial charge in [-0.3, -0.25) is 9.59 Å². The highest BCUT2D eigenvalue weighted by Gasteiger charge is 2.09. The van der Waals surface area contributed by atoms with Gasteiger partial charge in [0.2, 0.25) is 0 Å². The molecule has 0 heterocycles. The highest BCUT2D eigenvalue weighted by molar-refractivity contribution is 6.30. The number of carbonyl (C=O) groups is 2. The van der Waals surface area contributed by atoms with Crippen molar-refractivity contribution in [1.29, 1.82) is 0 Å². The summed E-state index contributed by atoms with van der Waals surface area (Å²) in [7, 11) is 0. The molecule has 1 atom stereocenters. The Morgan fingerprint density at radius 1 is 1.00 bits per heavy atom. The Hall–Kier alpha value is -3.64. The van der Waals surface area contributed by atoms with Crippen molar-refractivity contribution in [2.75, 3.05) is 6.61 Å². The van der Waals surface area contributed by atoms with Gasteiger partial charge in [-0.15, -0.1) is 0 Å². The van der Waals surface area contributed by atoms with E-state index >= 15 is 0 Å². The summed E-state index contributed by atoms with van der Waals surface area (Å²) in [5.74, 6) is 0.0281. The quantitative estimate of drug-likeness (QED) is 0.407. The lowest BCUT2D eigenvalue weighted by Crippen LogP contribution is -2.31. The van der Waals surface area contributed by atoms with Gasteiger partial charge in [-0.2, -0.15) is 5.10 Å². The molecule has 0 aromatic heterocycles. The van der Waals surface area contributed by atoms with E-state index in [9.17, 15) is 9.59 Å². The Labute approximate surface area is 185 Å². The first-order chi connectivity index (χ1) is 15.0. The minimum atomic E-state index is -0.330. The molecule has 0 aliphatic heterocycles. The maximum absolute atomic E-state index is 12.1. The van der Waals surface area contributed by atoms with Gasteiger partial charge < -0.3 is 10.1 Å². The zero-order valence-electron chi connectivity index (χ0n) is 16.9. The van der Waals surface area contributed by atoms with Gasteiger partial charge in [-0.05, 0) is 66.6 Å². The first-order valence-corrected chi connectivity index (χ1v) is 10.1. The molecule has 0 spiro atoms. The summed E-state index contributed by atoms with van der Waals surface area (Å²) in [6.07, 6.45) is 1.52.